The maximum absolute atomic E-state index is 12.9. The van der Waals surface area contributed by atoms with Crippen molar-refractivity contribution in [3.8, 4) is 0 Å². The summed E-state index contributed by atoms with van der Waals surface area (Å²) >= 11 is 0. The zero-order valence-corrected chi connectivity index (χ0v) is 16.3. The minimum Gasteiger partial charge on any atom is -0.450 e. The number of ether oxygens (including phenoxy) is 1. The molecule has 27 heavy (non-hydrogen) atoms. The molecule has 2 aliphatic rings. The molecule has 8 nitrogen and oxygen atoms in total. The van der Waals surface area contributed by atoms with Crippen LogP contribution in [0.25, 0.3) is 0 Å². The summed E-state index contributed by atoms with van der Waals surface area (Å²) in [6.07, 6.45) is 1.41. The molecule has 0 saturated carbocycles. The smallest absolute Gasteiger partial charge is 0.409 e. The minimum absolute atomic E-state index is 0.00523. The zero-order chi connectivity index (χ0) is 19.2. The first kappa shape index (κ1) is 19.4. The molecule has 1 aromatic rings. The Morgan fingerprint density at radius 1 is 1.00 bits per heavy atom. The molecule has 3 rings (SSSR count). The lowest BCUT2D eigenvalue weighted by Crippen LogP contribution is -2.50. The van der Waals surface area contributed by atoms with Gasteiger partial charge in [0.15, 0.2) is 0 Å². The Bertz CT molecular complexity index is 653. The SMILES string of the molecule is CCOC(=O)N1CCN(C(=O)c2ccnc(N3CCN(CC)CC3)c2)CC1. The van der Waals surface area contributed by atoms with Crippen molar-refractivity contribution in [3.63, 3.8) is 0 Å². The van der Waals surface area contributed by atoms with Crippen molar-refractivity contribution in [2.45, 2.75) is 13.8 Å². The number of rotatable bonds is 4. The molecule has 8 heteroatoms. The Hall–Kier alpha value is -2.35. The topological polar surface area (TPSA) is 69.2 Å². The number of hydrogen-bond acceptors (Lipinski definition) is 6. The van der Waals surface area contributed by atoms with E-state index in [1.54, 1.807) is 29.0 Å². The van der Waals surface area contributed by atoms with Crippen molar-refractivity contribution >= 4 is 17.8 Å². The summed E-state index contributed by atoms with van der Waals surface area (Å²) in [4.78, 5) is 37.2. The van der Waals surface area contributed by atoms with E-state index in [-0.39, 0.29) is 12.0 Å². The first-order valence-electron chi connectivity index (χ1n) is 9.76. The highest BCUT2D eigenvalue weighted by molar-refractivity contribution is 5.95. The van der Waals surface area contributed by atoms with E-state index in [4.69, 9.17) is 4.74 Å². The van der Waals surface area contributed by atoms with Gasteiger partial charge in [0.25, 0.3) is 5.91 Å². The number of hydrogen-bond donors (Lipinski definition) is 0. The van der Waals surface area contributed by atoms with Crippen LogP contribution >= 0.6 is 0 Å². The van der Waals surface area contributed by atoms with E-state index in [9.17, 15) is 9.59 Å². The van der Waals surface area contributed by atoms with Gasteiger partial charge in [-0.05, 0) is 25.6 Å². The minimum atomic E-state index is -0.304. The normalized spacial score (nSPS) is 18.5. The summed E-state index contributed by atoms with van der Waals surface area (Å²) in [7, 11) is 0. The van der Waals surface area contributed by atoms with Crippen LogP contribution in [0.3, 0.4) is 0 Å². The number of carbonyl (C=O) groups excluding carboxylic acids is 2. The lowest BCUT2D eigenvalue weighted by Gasteiger charge is -2.35. The van der Waals surface area contributed by atoms with Gasteiger partial charge in [0.05, 0.1) is 6.61 Å². The number of pyridine rings is 1. The second-order valence-electron chi connectivity index (χ2n) is 6.80. The van der Waals surface area contributed by atoms with Crippen LogP contribution in [0.1, 0.15) is 24.2 Å². The number of amides is 2. The Kier molecular flexibility index (Phi) is 6.49. The fraction of sp³-hybridized carbons (Fsp3) is 0.632. The molecule has 148 valence electrons. The van der Waals surface area contributed by atoms with Crippen LogP contribution in [0.15, 0.2) is 18.3 Å². The fourth-order valence-electron chi connectivity index (χ4n) is 3.51. The van der Waals surface area contributed by atoms with Crippen molar-refractivity contribution in [3.05, 3.63) is 23.9 Å². The number of likely N-dealkylation sites (N-methyl/N-ethyl adjacent to an activating group) is 1. The monoisotopic (exact) mass is 375 g/mol. The third-order valence-corrected chi connectivity index (χ3v) is 5.23. The van der Waals surface area contributed by atoms with Gasteiger partial charge in [0.1, 0.15) is 5.82 Å². The molecule has 3 heterocycles. The van der Waals surface area contributed by atoms with Crippen LogP contribution in [0.4, 0.5) is 10.6 Å². The van der Waals surface area contributed by atoms with Gasteiger partial charge in [-0.2, -0.15) is 0 Å². The molecule has 0 aromatic carbocycles. The van der Waals surface area contributed by atoms with Gasteiger partial charge in [0, 0.05) is 64.1 Å². The molecule has 0 bridgehead atoms. The Morgan fingerprint density at radius 3 is 2.30 bits per heavy atom. The molecule has 0 unspecified atom stereocenters. The maximum Gasteiger partial charge on any atom is 0.409 e. The highest BCUT2D eigenvalue weighted by Gasteiger charge is 2.26. The number of aromatic nitrogens is 1. The van der Waals surface area contributed by atoms with Crippen LogP contribution in [0.5, 0.6) is 0 Å². The van der Waals surface area contributed by atoms with Crippen molar-refractivity contribution in [1.29, 1.82) is 0 Å². The molecule has 2 aliphatic heterocycles. The Labute approximate surface area is 160 Å². The van der Waals surface area contributed by atoms with E-state index < -0.39 is 0 Å². The summed E-state index contributed by atoms with van der Waals surface area (Å²) in [5.41, 5.74) is 0.655. The lowest BCUT2D eigenvalue weighted by molar-refractivity contribution is 0.0570. The van der Waals surface area contributed by atoms with Crippen molar-refractivity contribution in [2.24, 2.45) is 0 Å². The molecule has 0 spiro atoms. The number of anilines is 1. The first-order valence-corrected chi connectivity index (χ1v) is 9.76. The van der Waals surface area contributed by atoms with Crippen LogP contribution < -0.4 is 4.90 Å². The van der Waals surface area contributed by atoms with Crippen LogP contribution in [-0.2, 0) is 4.74 Å². The van der Waals surface area contributed by atoms with E-state index in [0.717, 1.165) is 38.5 Å². The number of nitrogens with zero attached hydrogens (tertiary/aromatic N) is 5. The highest BCUT2D eigenvalue weighted by atomic mass is 16.6. The summed E-state index contributed by atoms with van der Waals surface area (Å²) < 4.78 is 5.03. The number of carbonyl (C=O) groups is 2. The van der Waals surface area contributed by atoms with Crippen LogP contribution in [-0.4, -0.2) is 97.2 Å². The summed E-state index contributed by atoms with van der Waals surface area (Å²) in [6.45, 7) is 11.3. The van der Waals surface area contributed by atoms with Gasteiger partial charge in [-0.1, -0.05) is 6.92 Å². The van der Waals surface area contributed by atoms with E-state index in [0.29, 0.717) is 38.3 Å². The van der Waals surface area contributed by atoms with Gasteiger partial charge in [-0.3, -0.25) is 4.79 Å². The molecule has 0 radical (unpaired) electrons. The fourth-order valence-corrected chi connectivity index (χ4v) is 3.51. The van der Waals surface area contributed by atoms with E-state index in [1.807, 2.05) is 6.07 Å². The van der Waals surface area contributed by atoms with Gasteiger partial charge in [-0.25, -0.2) is 9.78 Å². The van der Waals surface area contributed by atoms with Gasteiger partial charge >= 0.3 is 6.09 Å². The number of piperazine rings is 2. The predicted octanol–water partition coefficient (Wildman–Crippen LogP) is 1.14. The molecule has 2 saturated heterocycles. The molecule has 0 atom stereocenters. The van der Waals surface area contributed by atoms with Crippen LogP contribution in [0.2, 0.25) is 0 Å². The average molecular weight is 375 g/mol. The van der Waals surface area contributed by atoms with Crippen molar-refractivity contribution in [1.82, 2.24) is 19.7 Å². The molecule has 0 aliphatic carbocycles. The first-order chi connectivity index (χ1) is 13.1. The maximum atomic E-state index is 12.9. The predicted molar refractivity (Wildman–Crippen MR) is 103 cm³/mol. The van der Waals surface area contributed by atoms with Gasteiger partial charge in [-0.15, -0.1) is 0 Å². The lowest BCUT2D eigenvalue weighted by atomic mass is 10.2. The summed E-state index contributed by atoms with van der Waals surface area (Å²) in [6, 6.07) is 3.66. The zero-order valence-electron chi connectivity index (χ0n) is 16.3. The Balaban J connectivity index is 1.59. The largest absolute Gasteiger partial charge is 0.450 e. The third kappa shape index (κ3) is 4.68. The van der Waals surface area contributed by atoms with E-state index in [2.05, 4.69) is 21.7 Å². The van der Waals surface area contributed by atoms with Gasteiger partial charge in [0.2, 0.25) is 0 Å². The standard InChI is InChI=1S/C19H29N5O3/c1-3-21-7-9-22(10-8-21)17-15-16(5-6-20-17)18(25)23-11-13-24(14-12-23)19(26)27-4-2/h5-6,15H,3-4,7-14H2,1-2H3. The molecule has 0 N–H and O–H groups in total. The molecule has 1 aromatic heterocycles. The highest BCUT2D eigenvalue weighted by Crippen LogP contribution is 2.17. The molecular formula is C19H29N5O3. The quantitative estimate of drug-likeness (QED) is 0.786. The van der Waals surface area contributed by atoms with Gasteiger partial charge < -0.3 is 24.3 Å². The molecular weight excluding hydrogens is 346 g/mol. The Morgan fingerprint density at radius 2 is 1.67 bits per heavy atom. The summed E-state index contributed by atoms with van der Waals surface area (Å²) in [5.74, 6) is 0.858. The second kappa shape index (κ2) is 9.03. The van der Waals surface area contributed by atoms with Crippen LogP contribution in [0, 0.1) is 0 Å². The summed E-state index contributed by atoms with van der Waals surface area (Å²) in [5, 5.41) is 0. The van der Waals surface area contributed by atoms with E-state index >= 15 is 0 Å². The van der Waals surface area contributed by atoms with Crippen molar-refractivity contribution in [2.75, 3.05) is 70.4 Å². The molecule has 2 amide bonds. The van der Waals surface area contributed by atoms with Crippen molar-refractivity contribution < 1.29 is 14.3 Å². The third-order valence-electron chi connectivity index (χ3n) is 5.23. The second-order valence-corrected chi connectivity index (χ2v) is 6.80. The van der Waals surface area contributed by atoms with E-state index in [1.165, 1.54) is 0 Å². The average Bonchev–Trinajstić information content (AvgIpc) is 2.73. The molecule has 2 fully saturated rings.